The Hall–Kier alpha value is -2.84. The van der Waals surface area contributed by atoms with Crippen LogP contribution in [0.2, 0.25) is 10.0 Å². The quantitative estimate of drug-likeness (QED) is 0.324. The third kappa shape index (κ3) is 4.20. The summed E-state index contributed by atoms with van der Waals surface area (Å²) in [5, 5.41) is 17.5. The van der Waals surface area contributed by atoms with Crippen LogP contribution in [0.15, 0.2) is 40.6 Å². The Morgan fingerprint density at radius 1 is 1.37 bits per heavy atom. The van der Waals surface area contributed by atoms with Gasteiger partial charge in [-0.25, -0.2) is 23.4 Å². The van der Waals surface area contributed by atoms with Gasteiger partial charge in [-0.1, -0.05) is 29.3 Å². The second kappa shape index (κ2) is 8.49. The summed E-state index contributed by atoms with van der Waals surface area (Å²) in [5.74, 6) is -0.00356. The number of nitrogens with two attached hydrogens (primary N) is 1. The number of halogens is 2. The summed E-state index contributed by atoms with van der Waals surface area (Å²) in [6.45, 7) is 0. The van der Waals surface area contributed by atoms with Crippen molar-refractivity contribution < 1.29 is 8.42 Å². The van der Waals surface area contributed by atoms with E-state index in [1.165, 1.54) is 18.3 Å². The highest BCUT2D eigenvalue weighted by molar-refractivity contribution is 7.90. The van der Waals surface area contributed by atoms with Crippen LogP contribution in [0.1, 0.15) is 10.4 Å². The van der Waals surface area contributed by atoms with Gasteiger partial charge in [0.2, 0.25) is 15.0 Å². The van der Waals surface area contributed by atoms with Crippen molar-refractivity contribution >= 4 is 56.6 Å². The molecule has 1 aromatic carbocycles. The molecule has 0 saturated carbocycles. The fourth-order valence-electron chi connectivity index (χ4n) is 2.62. The highest BCUT2D eigenvalue weighted by Crippen LogP contribution is 2.44. The lowest BCUT2D eigenvalue weighted by atomic mass is 9.99. The van der Waals surface area contributed by atoms with Crippen molar-refractivity contribution in [2.75, 3.05) is 6.26 Å². The van der Waals surface area contributed by atoms with E-state index in [9.17, 15) is 13.7 Å². The molecule has 0 aliphatic rings. The third-order valence-electron chi connectivity index (χ3n) is 3.85. The number of nitrogens with zero attached hydrogens (tertiary/aromatic N) is 4. The maximum Gasteiger partial charge on any atom is 0.247 e. The number of nitriles is 1. The number of benzene rings is 1. The number of aliphatic imine (C=N–C) groups is 1. The molecule has 3 N–H and O–H groups in total. The number of sulfone groups is 1. The summed E-state index contributed by atoms with van der Waals surface area (Å²) in [6, 6.07) is 8.39. The summed E-state index contributed by atoms with van der Waals surface area (Å²) in [7, 11) is -3.66. The van der Waals surface area contributed by atoms with Crippen LogP contribution in [0.4, 0.5) is 0 Å². The van der Waals surface area contributed by atoms with Gasteiger partial charge >= 0.3 is 0 Å². The SMILES string of the molecule is CS(=O)(=O)c1nccc(-c2sc(C(N)=NC=N)c(-c3ccc(Cl)cc3Cl)c2C#N)n1. The van der Waals surface area contributed by atoms with Gasteiger partial charge in [-0.3, -0.25) is 5.41 Å². The molecule has 2 heterocycles. The van der Waals surface area contributed by atoms with Crippen molar-refractivity contribution in [1.82, 2.24) is 9.97 Å². The number of hydrogen-bond donors (Lipinski definition) is 2. The van der Waals surface area contributed by atoms with E-state index in [1.54, 1.807) is 12.1 Å². The minimum absolute atomic E-state index is 0.00356. The fourth-order valence-corrected chi connectivity index (χ4v) is 4.78. The van der Waals surface area contributed by atoms with Crippen molar-refractivity contribution in [3.63, 3.8) is 0 Å². The fraction of sp³-hybridized carbons (Fsp3) is 0.0556. The van der Waals surface area contributed by atoms with E-state index in [0.717, 1.165) is 23.9 Å². The van der Waals surface area contributed by atoms with E-state index >= 15 is 0 Å². The molecule has 0 atom stereocenters. The number of hydrogen-bond acceptors (Lipinski definition) is 7. The van der Waals surface area contributed by atoms with Crippen LogP contribution in [0, 0.1) is 16.7 Å². The molecule has 0 fully saturated rings. The Labute approximate surface area is 186 Å². The van der Waals surface area contributed by atoms with Gasteiger partial charge in [0.25, 0.3) is 0 Å². The van der Waals surface area contributed by atoms with Gasteiger partial charge < -0.3 is 5.73 Å². The maximum atomic E-state index is 11.9. The first-order chi connectivity index (χ1) is 14.2. The smallest absolute Gasteiger partial charge is 0.247 e. The van der Waals surface area contributed by atoms with E-state index in [1.807, 2.05) is 0 Å². The van der Waals surface area contributed by atoms with Crippen molar-refractivity contribution in [3.8, 4) is 27.8 Å². The zero-order chi connectivity index (χ0) is 22.1. The molecule has 8 nitrogen and oxygen atoms in total. The lowest BCUT2D eigenvalue weighted by molar-refractivity contribution is 0.593. The molecule has 0 unspecified atom stereocenters. The zero-order valence-electron chi connectivity index (χ0n) is 15.2. The molecule has 0 amide bonds. The molecule has 0 aliphatic heterocycles. The average Bonchev–Trinajstić information content (AvgIpc) is 3.07. The first-order valence-corrected chi connectivity index (χ1v) is 11.5. The minimum Gasteiger partial charge on any atom is -0.382 e. The maximum absolute atomic E-state index is 11.9. The normalized spacial score (nSPS) is 11.9. The number of nitrogens with one attached hydrogen (secondary N) is 1. The Bertz CT molecular complexity index is 1340. The first-order valence-electron chi connectivity index (χ1n) is 8.05. The Morgan fingerprint density at radius 2 is 2.10 bits per heavy atom. The molecule has 0 spiro atoms. The highest BCUT2D eigenvalue weighted by Gasteiger charge is 2.26. The van der Waals surface area contributed by atoms with Crippen LogP contribution in [0.5, 0.6) is 0 Å². The van der Waals surface area contributed by atoms with E-state index in [0.29, 0.717) is 25.9 Å². The lowest BCUT2D eigenvalue weighted by Crippen LogP contribution is -2.12. The van der Waals surface area contributed by atoms with Crippen LogP contribution < -0.4 is 5.73 Å². The molecule has 0 radical (unpaired) electrons. The second-order valence-electron chi connectivity index (χ2n) is 5.89. The van der Waals surface area contributed by atoms with E-state index in [-0.39, 0.29) is 27.3 Å². The van der Waals surface area contributed by atoms with E-state index in [4.69, 9.17) is 34.3 Å². The van der Waals surface area contributed by atoms with Gasteiger partial charge in [0.1, 0.15) is 18.2 Å². The summed E-state index contributed by atoms with van der Waals surface area (Å²) in [4.78, 5) is 12.4. The molecular weight excluding hydrogens is 467 g/mol. The van der Waals surface area contributed by atoms with E-state index < -0.39 is 9.84 Å². The van der Waals surface area contributed by atoms with Crippen molar-refractivity contribution in [3.05, 3.63) is 50.9 Å². The average molecular weight is 479 g/mol. The molecule has 0 bridgehead atoms. The summed E-state index contributed by atoms with van der Waals surface area (Å²) in [6.07, 6.45) is 3.06. The second-order valence-corrected chi connectivity index (χ2v) is 9.66. The highest BCUT2D eigenvalue weighted by atomic mass is 35.5. The summed E-state index contributed by atoms with van der Waals surface area (Å²) < 4.78 is 23.7. The molecular formula is C18H12Cl2N6O2S2. The molecule has 3 rings (SSSR count). The molecule has 30 heavy (non-hydrogen) atoms. The van der Waals surface area contributed by atoms with Crippen molar-refractivity contribution in [2.24, 2.45) is 10.7 Å². The predicted molar refractivity (Wildman–Crippen MR) is 118 cm³/mol. The van der Waals surface area contributed by atoms with E-state index in [2.05, 4.69) is 21.0 Å². The Balaban J connectivity index is 2.39. The van der Waals surface area contributed by atoms with Gasteiger partial charge in [0.05, 0.1) is 21.0 Å². The Morgan fingerprint density at radius 3 is 2.70 bits per heavy atom. The molecule has 152 valence electrons. The van der Waals surface area contributed by atoms with Crippen LogP contribution in [-0.2, 0) is 9.84 Å². The van der Waals surface area contributed by atoms with Crippen LogP contribution >= 0.6 is 34.5 Å². The van der Waals surface area contributed by atoms with Gasteiger partial charge in [-0.05, 0) is 18.2 Å². The van der Waals surface area contributed by atoms with Crippen LogP contribution in [0.25, 0.3) is 21.7 Å². The third-order valence-corrected chi connectivity index (χ3v) is 6.50. The predicted octanol–water partition coefficient (Wildman–Crippen LogP) is 3.77. The summed E-state index contributed by atoms with van der Waals surface area (Å²) >= 11 is 13.4. The topological polar surface area (TPSA) is 146 Å². The summed E-state index contributed by atoms with van der Waals surface area (Å²) in [5.41, 5.74) is 7.32. The van der Waals surface area contributed by atoms with Gasteiger partial charge in [0.15, 0.2) is 0 Å². The number of rotatable bonds is 5. The lowest BCUT2D eigenvalue weighted by Gasteiger charge is -2.07. The molecule has 12 heteroatoms. The minimum atomic E-state index is -3.66. The van der Waals surface area contributed by atoms with Gasteiger partial charge in [-0.2, -0.15) is 5.26 Å². The number of thiophene rings is 1. The molecule has 0 aliphatic carbocycles. The van der Waals surface area contributed by atoms with Crippen LogP contribution in [0.3, 0.4) is 0 Å². The molecule has 0 saturated heterocycles. The number of aromatic nitrogens is 2. The first kappa shape index (κ1) is 21.9. The standard InChI is InChI=1S/C18H12Cl2N6O2S2/c1-30(27,28)18-24-5-4-13(26-18)15-11(7-21)14(16(29-15)17(23)25-8-22)10-3-2-9(19)6-12(10)20/h2-6,8H,1H3,(H3,22,23,25). The van der Waals surface area contributed by atoms with Crippen LogP contribution in [-0.4, -0.2) is 36.8 Å². The van der Waals surface area contributed by atoms with Gasteiger partial charge in [-0.15, -0.1) is 11.3 Å². The van der Waals surface area contributed by atoms with Crippen molar-refractivity contribution in [1.29, 1.82) is 10.7 Å². The largest absolute Gasteiger partial charge is 0.382 e. The van der Waals surface area contributed by atoms with Gasteiger partial charge in [0, 0.05) is 33.6 Å². The Kier molecular flexibility index (Phi) is 6.19. The van der Waals surface area contributed by atoms with Crippen molar-refractivity contribution in [2.45, 2.75) is 5.16 Å². The zero-order valence-corrected chi connectivity index (χ0v) is 18.4. The molecule has 2 aromatic heterocycles. The number of amidine groups is 1. The monoisotopic (exact) mass is 478 g/mol. The molecule has 3 aromatic rings.